The molecule has 102 valence electrons. The fourth-order valence-corrected chi connectivity index (χ4v) is 1.89. The van der Waals surface area contributed by atoms with E-state index in [1.165, 1.54) is 0 Å². The van der Waals surface area contributed by atoms with Gasteiger partial charge in [-0.25, -0.2) is 4.98 Å². The Labute approximate surface area is 125 Å². The monoisotopic (exact) mass is 373 g/mol. The molecule has 1 aromatic carbocycles. The standard InChI is InChI=1S/C13H16IN3O2/c14-10-1-3-12(4-2-10)19-9-11(18)7-15-8-13-16-5-6-17-13/h1-6,11,15,18H,7-9H2,(H,16,17). The van der Waals surface area contributed by atoms with Crippen molar-refractivity contribution in [2.45, 2.75) is 12.6 Å². The van der Waals surface area contributed by atoms with E-state index in [0.29, 0.717) is 13.1 Å². The largest absolute Gasteiger partial charge is 0.491 e. The molecule has 1 aromatic heterocycles. The molecule has 2 rings (SSSR count). The lowest BCUT2D eigenvalue weighted by Crippen LogP contribution is -2.31. The Morgan fingerprint density at radius 1 is 1.37 bits per heavy atom. The van der Waals surface area contributed by atoms with Crippen molar-refractivity contribution in [3.63, 3.8) is 0 Å². The molecule has 0 saturated carbocycles. The number of ether oxygens (including phenoxy) is 1. The highest BCUT2D eigenvalue weighted by atomic mass is 127. The number of aliphatic hydroxyl groups excluding tert-OH is 1. The van der Waals surface area contributed by atoms with Gasteiger partial charge in [0.05, 0.1) is 6.54 Å². The minimum Gasteiger partial charge on any atom is -0.491 e. The minimum absolute atomic E-state index is 0.270. The molecule has 6 heteroatoms. The van der Waals surface area contributed by atoms with Gasteiger partial charge in [-0.15, -0.1) is 0 Å². The molecule has 3 N–H and O–H groups in total. The van der Waals surface area contributed by atoms with Crippen LogP contribution in [0.5, 0.6) is 5.75 Å². The van der Waals surface area contributed by atoms with E-state index >= 15 is 0 Å². The lowest BCUT2D eigenvalue weighted by atomic mass is 10.3. The number of hydrogen-bond donors (Lipinski definition) is 3. The van der Waals surface area contributed by atoms with Crippen molar-refractivity contribution in [1.29, 1.82) is 0 Å². The highest BCUT2D eigenvalue weighted by Gasteiger charge is 2.05. The van der Waals surface area contributed by atoms with E-state index in [1.54, 1.807) is 12.4 Å². The van der Waals surface area contributed by atoms with Crippen LogP contribution in [0, 0.1) is 3.57 Å². The summed E-state index contributed by atoms with van der Waals surface area (Å²) in [5.41, 5.74) is 0. The Morgan fingerprint density at radius 3 is 2.84 bits per heavy atom. The van der Waals surface area contributed by atoms with Crippen LogP contribution in [0.25, 0.3) is 0 Å². The summed E-state index contributed by atoms with van der Waals surface area (Å²) < 4.78 is 6.65. The van der Waals surface area contributed by atoms with Crippen molar-refractivity contribution in [1.82, 2.24) is 15.3 Å². The molecule has 0 saturated heterocycles. The number of H-pyrrole nitrogens is 1. The lowest BCUT2D eigenvalue weighted by Gasteiger charge is -2.12. The van der Waals surface area contributed by atoms with Crippen LogP contribution in [0.1, 0.15) is 5.82 Å². The number of aromatic nitrogens is 2. The molecule has 5 nitrogen and oxygen atoms in total. The number of aromatic amines is 1. The second-order valence-electron chi connectivity index (χ2n) is 4.09. The third-order valence-corrected chi connectivity index (χ3v) is 3.20. The molecule has 0 spiro atoms. The highest BCUT2D eigenvalue weighted by Crippen LogP contribution is 2.13. The van der Waals surface area contributed by atoms with Crippen molar-refractivity contribution in [3.8, 4) is 5.75 Å². The van der Waals surface area contributed by atoms with Gasteiger partial charge < -0.3 is 20.1 Å². The van der Waals surface area contributed by atoms with Crippen LogP contribution in [-0.2, 0) is 6.54 Å². The maximum Gasteiger partial charge on any atom is 0.120 e. The van der Waals surface area contributed by atoms with E-state index in [1.807, 2.05) is 24.3 Å². The maximum absolute atomic E-state index is 9.77. The number of hydrogen-bond acceptors (Lipinski definition) is 4. The summed E-state index contributed by atoms with van der Waals surface area (Å²) in [4.78, 5) is 7.07. The molecule has 1 atom stereocenters. The van der Waals surface area contributed by atoms with Gasteiger partial charge in [-0.05, 0) is 46.9 Å². The summed E-state index contributed by atoms with van der Waals surface area (Å²) in [7, 11) is 0. The molecule has 19 heavy (non-hydrogen) atoms. The van der Waals surface area contributed by atoms with Gasteiger partial charge in [0.25, 0.3) is 0 Å². The normalized spacial score (nSPS) is 12.3. The van der Waals surface area contributed by atoms with E-state index in [0.717, 1.165) is 15.1 Å². The zero-order valence-electron chi connectivity index (χ0n) is 10.3. The van der Waals surface area contributed by atoms with Gasteiger partial charge in [-0.2, -0.15) is 0 Å². The van der Waals surface area contributed by atoms with Gasteiger partial charge >= 0.3 is 0 Å². The average Bonchev–Trinajstić information content (AvgIpc) is 2.91. The van der Waals surface area contributed by atoms with Gasteiger partial charge in [-0.3, -0.25) is 0 Å². The van der Waals surface area contributed by atoms with Gasteiger partial charge in [-0.1, -0.05) is 0 Å². The summed E-state index contributed by atoms with van der Waals surface area (Å²) >= 11 is 2.24. The molecule has 0 bridgehead atoms. The Balaban J connectivity index is 1.64. The molecular weight excluding hydrogens is 357 g/mol. The van der Waals surface area contributed by atoms with Gasteiger partial charge in [0.1, 0.15) is 24.3 Å². The SMILES string of the molecule is OC(CNCc1ncc[nH]1)COc1ccc(I)cc1. The Morgan fingerprint density at radius 2 is 2.16 bits per heavy atom. The second-order valence-corrected chi connectivity index (χ2v) is 5.33. The van der Waals surface area contributed by atoms with E-state index in [9.17, 15) is 5.11 Å². The third-order valence-electron chi connectivity index (χ3n) is 2.48. The van der Waals surface area contributed by atoms with Crippen molar-refractivity contribution < 1.29 is 9.84 Å². The number of halogens is 1. The molecular formula is C13H16IN3O2. The molecule has 0 fully saturated rings. The molecule has 0 aliphatic rings. The van der Waals surface area contributed by atoms with Crippen molar-refractivity contribution in [2.75, 3.05) is 13.2 Å². The second kappa shape index (κ2) is 7.46. The summed E-state index contributed by atoms with van der Waals surface area (Å²) in [6.45, 7) is 1.34. The van der Waals surface area contributed by atoms with Gasteiger partial charge in [0.2, 0.25) is 0 Å². The van der Waals surface area contributed by atoms with Crippen molar-refractivity contribution in [2.24, 2.45) is 0 Å². The number of rotatable bonds is 7. The topological polar surface area (TPSA) is 70.2 Å². The zero-order valence-corrected chi connectivity index (χ0v) is 12.5. The Kier molecular flexibility index (Phi) is 5.62. The lowest BCUT2D eigenvalue weighted by molar-refractivity contribution is 0.106. The predicted molar refractivity (Wildman–Crippen MR) is 81.0 cm³/mol. The average molecular weight is 373 g/mol. The van der Waals surface area contributed by atoms with Gasteiger partial charge in [0, 0.05) is 22.5 Å². The number of nitrogens with zero attached hydrogens (tertiary/aromatic N) is 1. The van der Waals surface area contributed by atoms with Crippen LogP contribution < -0.4 is 10.1 Å². The first-order chi connectivity index (χ1) is 9.24. The van der Waals surface area contributed by atoms with Crippen LogP contribution in [0.4, 0.5) is 0 Å². The fourth-order valence-electron chi connectivity index (χ4n) is 1.53. The summed E-state index contributed by atoms with van der Waals surface area (Å²) in [5, 5.41) is 12.9. The predicted octanol–water partition coefficient (Wildman–Crippen LogP) is 1.54. The molecule has 0 amide bonds. The summed E-state index contributed by atoms with van der Waals surface area (Å²) in [6.07, 6.45) is 2.93. The molecule has 1 unspecified atom stereocenters. The fraction of sp³-hybridized carbons (Fsp3) is 0.308. The first-order valence-electron chi connectivity index (χ1n) is 5.99. The summed E-state index contributed by atoms with van der Waals surface area (Å²) in [6, 6.07) is 7.73. The minimum atomic E-state index is -0.547. The van der Waals surface area contributed by atoms with E-state index in [-0.39, 0.29) is 6.61 Å². The zero-order chi connectivity index (χ0) is 13.5. The van der Waals surface area contributed by atoms with Crippen LogP contribution in [-0.4, -0.2) is 34.3 Å². The quantitative estimate of drug-likeness (QED) is 0.645. The first kappa shape index (κ1) is 14.3. The Bertz CT molecular complexity index is 473. The molecule has 2 aromatic rings. The molecule has 0 aliphatic heterocycles. The smallest absolute Gasteiger partial charge is 0.120 e. The van der Waals surface area contributed by atoms with E-state index in [4.69, 9.17) is 4.74 Å². The first-order valence-corrected chi connectivity index (χ1v) is 7.07. The number of aliphatic hydroxyl groups is 1. The number of benzene rings is 1. The number of nitrogens with one attached hydrogen (secondary N) is 2. The summed E-state index contributed by atoms with van der Waals surface area (Å²) in [5.74, 6) is 1.62. The van der Waals surface area contributed by atoms with Crippen LogP contribution in [0.2, 0.25) is 0 Å². The van der Waals surface area contributed by atoms with Crippen molar-refractivity contribution >= 4 is 22.6 Å². The maximum atomic E-state index is 9.77. The van der Waals surface area contributed by atoms with E-state index in [2.05, 4.69) is 37.9 Å². The van der Waals surface area contributed by atoms with Crippen molar-refractivity contribution in [3.05, 3.63) is 46.1 Å². The Hall–Kier alpha value is -1.12. The highest BCUT2D eigenvalue weighted by molar-refractivity contribution is 14.1. The molecule has 0 radical (unpaired) electrons. The third kappa shape index (κ3) is 5.17. The van der Waals surface area contributed by atoms with Crippen LogP contribution in [0.15, 0.2) is 36.7 Å². The van der Waals surface area contributed by atoms with Crippen LogP contribution >= 0.6 is 22.6 Å². The van der Waals surface area contributed by atoms with E-state index < -0.39 is 6.10 Å². The van der Waals surface area contributed by atoms with Crippen LogP contribution in [0.3, 0.4) is 0 Å². The molecule has 0 aliphatic carbocycles. The molecule has 1 heterocycles. The number of imidazole rings is 1. The van der Waals surface area contributed by atoms with Gasteiger partial charge in [0.15, 0.2) is 0 Å².